The molecule has 3 N–H and O–H groups in total. The van der Waals surface area contributed by atoms with Crippen molar-refractivity contribution in [2.75, 3.05) is 0 Å². The number of nitrogens with one attached hydrogen (secondary N) is 2. The standard InChI is InChI=1S/C17H16ClN3O3/c18-11-5-3-4-10(8-11)9-19-21-17(24)14-15(22)12-6-1-2-7-13(12)20-16(14)23/h3-5,8-9H,1-2,6-7H2,(H,21,24)(H2,20,22,23)/b19-9-. The number of benzene rings is 1. The third-order valence-electron chi connectivity index (χ3n) is 3.94. The minimum atomic E-state index is -0.750. The first-order chi connectivity index (χ1) is 11.6. The highest BCUT2D eigenvalue weighted by Crippen LogP contribution is 2.28. The Morgan fingerprint density at radius 3 is 2.92 bits per heavy atom. The number of fused-ring (bicyclic) bond motifs is 1. The van der Waals surface area contributed by atoms with Crippen LogP contribution in [0.1, 0.15) is 40.0 Å². The van der Waals surface area contributed by atoms with Gasteiger partial charge < -0.3 is 10.1 Å². The third-order valence-corrected chi connectivity index (χ3v) is 4.17. The molecule has 1 amide bonds. The number of hydrogen-bond donors (Lipinski definition) is 3. The van der Waals surface area contributed by atoms with E-state index in [0.717, 1.165) is 12.8 Å². The van der Waals surface area contributed by atoms with E-state index in [2.05, 4.69) is 15.5 Å². The van der Waals surface area contributed by atoms with Crippen LogP contribution in [0, 0.1) is 0 Å². The number of aryl methyl sites for hydroxylation is 1. The molecule has 2 aromatic rings. The number of H-pyrrole nitrogens is 1. The second-order valence-electron chi connectivity index (χ2n) is 5.60. The molecule has 3 rings (SSSR count). The second kappa shape index (κ2) is 6.88. The van der Waals surface area contributed by atoms with E-state index in [0.29, 0.717) is 34.7 Å². The summed E-state index contributed by atoms with van der Waals surface area (Å²) >= 11 is 5.86. The van der Waals surface area contributed by atoms with Gasteiger partial charge in [-0.05, 0) is 43.4 Å². The van der Waals surface area contributed by atoms with Gasteiger partial charge in [0.25, 0.3) is 11.5 Å². The minimum absolute atomic E-state index is 0.246. The van der Waals surface area contributed by atoms with Crippen molar-refractivity contribution >= 4 is 23.7 Å². The van der Waals surface area contributed by atoms with E-state index in [4.69, 9.17) is 11.6 Å². The van der Waals surface area contributed by atoms with Crippen LogP contribution in [0.5, 0.6) is 5.75 Å². The molecule has 1 aromatic carbocycles. The minimum Gasteiger partial charge on any atom is -0.507 e. The molecule has 0 bridgehead atoms. The molecule has 0 spiro atoms. The Kier molecular flexibility index (Phi) is 4.66. The predicted octanol–water partition coefficient (Wildman–Crippen LogP) is 2.38. The maximum Gasteiger partial charge on any atom is 0.280 e. The van der Waals surface area contributed by atoms with E-state index in [9.17, 15) is 14.7 Å². The lowest BCUT2D eigenvalue weighted by atomic mass is 9.94. The lowest BCUT2D eigenvalue weighted by molar-refractivity contribution is 0.0950. The molecule has 24 heavy (non-hydrogen) atoms. The van der Waals surface area contributed by atoms with Crippen LogP contribution in [0.4, 0.5) is 0 Å². The summed E-state index contributed by atoms with van der Waals surface area (Å²) in [6.45, 7) is 0. The average Bonchev–Trinajstić information content (AvgIpc) is 2.55. The van der Waals surface area contributed by atoms with E-state index in [1.165, 1.54) is 6.21 Å². The topological polar surface area (TPSA) is 94.5 Å². The fourth-order valence-corrected chi connectivity index (χ4v) is 2.98. The molecule has 1 aliphatic rings. The first kappa shape index (κ1) is 16.3. The largest absolute Gasteiger partial charge is 0.507 e. The molecule has 6 nitrogen and oxygen atoms in total. The highest BCUT2D eigenvalue weighted by atomic mass is 35.5. The molecular weight excluding hydrogens is 330 g/mol. The van der Waals surface area contributed by atoms with Crippen molar-refractivity contribution in [3.63, 3.8) is 0 Å². The van der Waals surface area contributed by atoms with Gasteiger partial charge in [0.2, 0.25) is 0 Å². The van der Waals surface area contributed by atoms with Gasteiger partial charge in [0.15, 0.2) is 0 Å². The molecule has 124 valence electrons. The lowest BCUT2D eigenvalue weighted by Gasteiger charge is -2.17. The summed E-state index contributed by atoms with van der Waals surface area (Å²) in [6.07, 6.45) is 4.63. The second-order valence-corrected chi connectivity index (χ2v) is 6.03. The van der Waals surface area contributed by atoms with Gasteiger partial charge in [0, 0.05) is 16.3 Å². The molecule has 0 saturated carbocycles. The van der Waals surface area contributed by atoms with Crippen molar-refractivity contribution in [3.8, 4) is 5.75 Å². The number of hydrazone groups is 1. The van der Waals surface area contributed by atoms with Crippen LogP contribution in [0.25, 0.3) is 0 Å². The third kappa shape index (κ3) is 3.33. The van der Waals surface area contributed by atoms with E-state index in [-0.39, 0.29) is 11.3 Å². The summed E-state index contributed by atoms with van der Waals surface area (Å²) in [6, 6.07) is 6.93. The molecule has 0 radical (unpaired) electrons. The number of aromatic amines is 1. The molecular formula is C17H16ClN3O3. The van der Waals surface area contributed by atoms with Crippen molar-refractivity contribution in [2.45, 2.75) is 25.7 Å². The Bertz CT molecular complexity index is 874. The van der Waals surface area contributed by atoms with E-state index >= 15 is 0 Å². The predicted molar refractivity (Wildman–Crippen MR) is 91.9 cm³/mol. The molecule has 0 atom stereocenters. The Hall–Kier alpha value is -2.60. The quantitative estimate of drug-likeness (QED) is 0.588. The number of rotatable bonds is 3. The Labute approximate surface area is 143 Å². The van der Waals surface area contributed by atoms with Crippen LogP contribution in [0.3, 0.4) is 0 Å². The van der Waals surface area contributed by atoms with Crippen molar-refractivity contribution in [2.24, 2.45) is 5.10 Å². The highest BCUT2D eigenvalue weighted by Gasteiger charge is 2.23. The summed E-state index contributed by atoms with van der Waals surface area (Å²) in [5.41, 5.74) is 3.40. The molecule has 0 unspecified atom stereocenters. The van der Waals surface area contributed by atoms with Gasteiger partial charge in [-0.1, -0.05) is 23.7 Å². The number of pyridine rings is 1. The van der Waals surface area contributed by atoms with Crippen LogP contribution in [0.2, 0.25) is 5.02 Å². The molecule has 0 saturated heterocycles. The van der Waals surface area contributed by atoms with Crippen LogP contribution < -0.4 is 11.0 Å². The average molecular weight is 346 g/mol. The first-order valence-electron chi connectivity index (χ1n) is 7.62. The van der Waals surface area contributed by atoms with E-state index < -0.39 is 11.5 Å². The smallest absolute Gasteiger partial charge is 0.280 e. The van der Waals surface area contributed by atoms with Gasteiger partial charge >= 0.3 is 0 Å². The molecule has 0 fully saturated rings. The number of hydrogen-bond acceptors (Lipinski definition) is 4. The summed E-state index contributed by atoms with van der Waals surface area (Å²) in [5.74, 6) is -0.996. The monoisotopic (exact) mass is 345 g/mol. The van der Waals surface area contributed by atoms with Crippen molar-refractivity contribution in [1.82, 2.24) is 10.4 Å². The number of carbonyl (C=O) groups is 1. The fraction of sp³-hybridized carbons (Fsp3) is 0.235. The van der Waals surface area contributed by atoms with Gasteiger partial charge in [0.05, 0.1) is 6.21 Å². The number of halogens is 1. The van der Waals surface area contributed by atoms with Crippen LogP contribution >= 0.6 is 11.6 Å². The maximum atomic E-state index is 12.2. The molecule has 0 aliphatic heterocycles. The number of nitrogens with zero attached hydrogens (tertiary/aromatic N) is 1. The van der Waals surface area contributed by atoms with Crippen molar-refractivity contribution in [1.29, 1.82) is 0 Å². The summed E-state index contributed by atoms with van der Waals surface area (Å²) in [5, 5.41) is 14.6. The summed E-state index contributed by atoms with van der Waals surface area (Å²) in [7, 11) is 0. The van der Waals surface area contributed by atoms with Crippen molar-refractivity contribution in [3.05, 3.63) is 62.0 Å². The zero-order chi connectivity index (χ0) is 17.1. The van der Waals surface area contributed by atoms with Gasteiger partial charge in [-0.15, -0.1) is 0 Å². The fourth-order valence-electron chi connectivity index (χ4n) is 2.78. The summed E-state index contributed by atoms with van der Waals surface area (Å²) < 4.78 is 0. The lowest BCUT2D eigenvalue weighted by Crippen LogP contribution is -2.29. The van der Waals surface area contributed by atoms with Crippen LogP contribution in [-0.2, 0) is 12.8 Å². The normalized spacial score (nSPS) is 13.7. The SMILES string of the molecule is O=C(N/N=C\c1cccc(Cl)c1)c1c(O)c2c([nH]c1=O)CCCC2. The molecule has 1 heterocycles. The zero-order valence-electron chi connectivity index (χ0n) is 12.8. The number of amides is 1. The molecule has 1 aliphatic carbocycles. The highest BCUT2D eigenvalue weighted by molar-refractivity contribution is 6.30. The maximum absolute atomic E-state index is 12.2. The van der Waals surface area contributed by atoms with E-state index in [1.54, 1.807) is 24.3 Å². The van der Waals surface area contributed by atoms with Gasteiger partial charge in [-0.3, -0.25) is 9.59 Å². The van der Waals surface area contributed by atoms with E-state index in [1.807, 2.05) is 0 Å². The van der Waals surface area contributed by atoms with Crippen molar-refractivity contribution < 1.29 is 9.90 Å². The Morgan fingerprint density at radius 1 is 1.33 bits per heavy atom. The number of carbonyl (C=O) groups excluding carboxylic acids is 1. The van der Waals surface area contributed by atoms with Crippen LogP contribution in [0.15, 0.2) is 34.2 Å². The Balaban J connectivity index is 1.81. The molecule has 1 aromatic heterocycles. The Morgan fingerprint density at radius 2 is 2.12 bits per heavy atom. The van der Waals surface area contributed by atoms with Gasteiger partial charge in [-0.2, -0.15) is 5.10 Å². The molecule has 7 heteroatoms. The zero-order valence-corrected chi connectivity index (χ0v) is 13.6. The summed E-state index contributed by atoms with van der Waals surface area (Å²) in [4.78, 5) is 27.0. The number of aromatic nitrogens is 1. The van der Waals surface area contributed by atoms with Gasteiger partial charge in [0.1, 0.15) is 11.3 Å². The first-order valence-corrected chi connectivity index (χ1v) is 8.00. The number of aromatic hydroxyl groups is 1. The van der Waals surface area contributed by atoms with Gasteiger partial charge in [-0.25, -0.2) is 5.43 Å². The van der Waals surface area contributed by atoms with Crippen LogP contribution in [-0.4, -0.2) is 22.2 Å².